The first kappa shape index (κ1) is 10.3. The summed E-state index contributed by atoms with van der Waals surface area (Å²) >= 11 is 3.36. The van der Waals surface area contributed by atoms with E-state index in [1.165, 1.54) is 0 Å². The maximum Gasteiger partial charge on any atom is 0.227 e. The largest absolute Gasteiger partial charge is 0.339 e. The van der Waals surface area contributed by atoms with Crippen molar-refractivity contribution in [1.29, 1.82) is 0 Å². The Morgan fingerprint density at radius 1 is 1.33 bits per heavy atom. The van der Waals surface area contributed by atoms with E-state index in [0.717, 1.165) is 23.9 Å². The summed E-state index contributed by atoms with van der Waals surface area (Å²) in [5.74, 6) is 1.22. The fourth-order valence-corrected chi connectivity index (χ4v) is 1.45. The highest BCUT2D eigenvalue weighted by atomic mass is 79.9. The van der Waals surface area contributed by atoms with E-state index in [0.29, 0.717) is 11.7 Å². The highest BCUT2D eigenvalue weighted by molar-refractivity contribution is 9.09. The molecule has 0 amide bonds. The highest BCUT2D eigenvalue weighted by Crippen LogP contribution is 2.12. The molecular formula is C10H10BrN3O. The Morgan fingerprint density at radius 3 is 3.00 bits per heavy atom. The summed E-state index contributed by atoms with van der Waals surface area (Å²) in [4.78, 5) is 8.41. The summed E-state index contributed by atoms with van der Waals surface area (Å²) in [6.45, 7) is 0. The quantitative estimate of drug-likeness (QED) is 0.799. The van der Waals surface area contributed by atoms with E-state index < -0.39 is 0 Å². The lowest BCUT2D eigenvalue weighted by Gasteiger charge is -1.89. The van der Waals surface area contributed by atoms with Crippen LogP contribution in [-0.4, -0.2) is 20.5 Å². The second-order valence-corrected chi connectivity index (χ2v) is 3.81. The molecule has 0 aliphatic rings. The van der Waals surface area contributed by atoms with E-state index in [1.54, 1.807) is 6.20 Å². The second kappa shape index (κ2) is 5.02. The number of aryl methyl sites for hydroxylation is 1. The third kappa shape index (κ3) is 2.62. The summed E-state index contributed by atoms with van der Waals surface area (Å²) in [6, 6.07) is 5.62. The maximum atomic E-state index is 5.10. The fraction of sp³-hybridized carbons (Fsp3) is 0.300. The van der Waals surface area contributed by atoms with Gasteiger partial charge >= 0.3 is 0 Å². The molecule has 2 heterocycles. The van der Waals surface area contributed by atoms with Crippen molar-refractivity contribution in [1.82, 2.24) is 15.1 Å². The predicted molar refractivity (Wildman–Crippen MR) is 59.6 cm³/mol. The zero-order valence-electron chi connectivity index (χ0n) is 8.06. The van der Waals surface area contributed by atoms with Crippen molar-refractivity contribution in [2.24, 2.45) is 0 Å². The van der Waals surface area contributed by atoms with Crippen molar-refractivity contribution < 1.29 is 4.52 Å². The van der Waals surface area contributed by atoms with Gasteiger partial charge in [0.05, 0.1) is 0 Å². The molecule has 0 aliphatic heterocycles. The van der Waals surface area contributed by atoms with Crippen molar-refractivity contribution in [2.75, 3.05) is 5.33 Å². The molecular weight excluding hydrogens is 258 g/mol. The molecule has 0 spiro atoms. The molecule has 4 nitrogen and oxygen atoms in total. The van der Waals surface area contributed by atoms with Gasteiger partial charge in [0.15, 0.2) is 0 Å². The summed E-state index contributed by atoms with van der Waals surface area (Å²) in [6.07, 6.45) is 3.50. The molecule has 0 N–H and O–H groups in total. The van der Waals surface area contributed by atoms with Gasteiger partial charge in [-0.3, -0.25) is 4.98 Å². The van der Waals surface area contributed by atoms with Crippen molar-refractivity contribution >= 4 is 15.9 Å². The van der Waals surface area contributed by atoms with Gasteiger partial charge in [-0.05, 0) is 18.6 Å². The summed E-state index contributed by atoms with van der Waals surface area (Å²) < 4.78 is 5.10. The van der Waals surface area contributed by atoms with Gasteiger partial charge in [-0.15, -0.1) is 0 Å². The van der Waals surface area contributed by atoms with E-state index in [-0.39, 0.29) is 0 Å². The van der Waals surface area contributed by atoms with Gasteiger partial charge in [-0.2, -0.15) is 4.98 Å². The standard InChI is InChI=1S/C10H10BrN3O/c11-6-3-5-9-13-10(14-15-9)8-4-1-2-7-12-8/h1-2,4,7H,3,5-6H2. The summed E-state index contributed by atoms with van der Waals surface area (Å²) in [5.41, 5.74) is 0.742. The molecule has 2 aromatic rings. The van der Waals surface area contributed by atoms with Crippen LogP contribution in [0, 0.1) is 0 Å². The molecule has 5 heteroatoms. The maximum absolute atomic E-state index is 5.10. The summed E-state index contributed by atoms with van der Waals surface area (Å²) in [7, 11) is 0. The highest BCUT2D eigenvalue weighted by Gasteiger charge is 2.08. The SMILES string of the molecule is BrCCCc1nc(-c2ccccn2)no1. The molecule has 0 fully saturated rings. The molecule has 15 heavy (non-hydrogen) atoms. The lowest BCUT2D eigenvalue weighted by Crippen LogP contribution is -1.87. The number of hydrogen-bond acceptors (Lipinski definition) is 4. The number of aromatic nitrogens is 3. The van der Waals surface area contributed by atoms with E-state index in [2.05, 4.69) is 31.1 Å². The average molecular weight is 268 g/mol. The van der Waals surface area contributed by atoms with Crippen LogP contribution in [0.15, 0.2) is 28.9 Å². The molecule has 0 aliphatic carbocycles. The number of rotatable bonds is 4. The van der Waals surface area contributed by atoms with Crippen molar-refractivity contribution in [3.63, 3.8) is 0 Å². The average Bonchev–Trinajstić information content (AvgIpc) is 2.76. The fourth-order valence-electron chi connectivity index (χ4n) is 1.17. The van der Waals surface area contributed by atoms with Crippen LogP contribution in [0.5, 0.6) is 0 Å². The lowest BCUT2D eigenvalue weighted by atomic mass is 10.3. The van der Waals surface area contributed by atoms with E-state index in [4.69, 9.17) is 4.52 Å². The Labute approximate surface area is 95.9 Å². The van der Waals surface area contributed by atoms with Gasteiger partial charge in [0.1, 0.15) is 5.69 Å². The minimum absolute atomic E-state index is 0.556. The van der Waals surface area contributed by atoms with Crippen LogP contribution in [-0.2, 0) is 6.42 Å². The van der Waals surface area contributed by atoms with Crippen LogP contribution in [0.25, 0.3) is 11.5 Å². The Hall–Kier alpha value is -1.23. The molecule has 2 rings (SSSR count). The molecule has 0 saturated carbocycles. The lowest BCUT2D eigenvalue weighted by molar-refractivity contribution is 0.378. The molecule has 78 valence electrons. The van der Waals surface area contributed by atoms with Gasteiger partial charge in [0.2, 0.25) is 11.7 Å². The van der Waals surface area contributed by atoms with Gasteiger partial charge in [-0.1, -0.05) is 27.2 Å². The Morgan fingerprint density at radius 2 is 2.27 bits per heavy atom. The number of halogens is 1. The Kier molecular flexibility index (Phi) is 3.45. The van der Waals surface area contributed by atoms with Gasteiger partial charge in [-0.25, -0.2) is 0 Å². The second-order valence-electron chi connectivity index (χ2n) is 3.02. The molecule has 0 bridgehead atoms. The van der Waals surface area contributed by atoms with Crippen molar-refractivity contribution in [2.45, 2.75) is 12.8 Å². The number of alkyl halides is 1. The van der Waals surface area contributed by atoms with Crippen molar-refractivity contribution in [3.8, 4) is 11.5 Å². The zero-order chi connectivity index (χ0) is 10.5. The van der Waals surface area contributed by atoms with Gasteiger partial charge in [0, 0.05) is 17.9 Å². The monoisotopic (exact) mass is 267 g/mol. The van der Waals surface area contributed by atoms with E-state index in [1.807, 2.05) is 18.2 Å². The predicted octanol–water partition coefficient (Wildman–Crippen LogP) is 2.46. The third-order valence-electron chi connectivity index (χ3n) is 1.89. The number of hydrogen-bond donors (Lipinski definition) is 0. The van der Waals surface area contributed by atoms with Crippen LogP contribution in [0.4, 0.5) is 0 Å². The summed E-state index contributed by atoms with van der Waals surface area (Å²) in [5, 5.41) is 4.81. The minimum Gasteiger partial charge on any atom is -0.339 e. The topological polar surface area (TPSA) is 51.8 Å². The number of pyridine rings is 1. The van der Waals surface area contributed by atoms with E-state index >= 15 is 0 Å². The van der Waals surface area contributed by atoms with Crippen LogP contribution >= 0.6 is 15.9 Å². The zero-order valence-corrected chi connectivity index (χ0v) is 9.64. The van der Waals surface area contributed by atoms with E-state index in [9.17, 15) is 0 Å². The van der Waals surface area contributed by atoms with Crippen molar-refractivity contribution in [3.05, 3.63) is 30.3 Å². The first-order chi connectivity index (χ1) is 7.40. The number of nitrogens with zero attached hydrogens (tertiary/aromatic N) is 3. The van der Waals surface area contributed by atoms with Gasteiger partial charge < -0.3 is 4.52 Å². The minimum atomic E-state index is 0.556. The molecule has 0 aromatic carbocycles. The third-order valence-corrected chi connectivity index (χ3v) is 2.45. The van der Waals surface area contributed by atoms with Crippen LogP contribution in [0.3, 0.4) is 0 Å². The van der Waals surface area contributed by atoms with Crippen LogP contribution in [0.1, 0.15) is 12.3 Å². The van der Waals surface area contributed by atoms with Crippen LogP contribution in [0.2, 0.25) is 0 Å². The van der Waals surface area contributed by atoms with Gasteiger partial charge in [0.25, 0.3) is 0 Å². The Balaban J connectivity index is 2.14. The molecule has 2 aromatic heterocycles. The molecule has 0 saturated heterocycles. The normalized spacial score (nSPS) is 10.5. The first-order valence-corrected chi connectivity index (χ1v) is 5.82. The Bertz CT molecular complexity index is 416. The molecule has 0 radical (unpaired) electrons. The molecule has 0 atom stereocenters. The van der Waals surface area contributed by atoms with Crippen LogP contribution < -0.4 is 0 Å². The first-order valence-electron chi connectivity index (χ1n) is 4.70. The molecule has 0 unspecified atom stereocenters. The smallest absolute Gasteiger partial charge is 0.227 e.